The number of ether oxygens (including phenoxy) is 2. The van der Waals surface area contributed by atoms with Crippen molar-refractivity contribution >= 4 is 0 Å². The monoisotopic (exact) mass is 261 g/mol. The van der Waals surface area contributed by atoms with Gasteiger partial charge >= 0.3 is 0 Å². The first-order chi connectivity index (χ1) is 9.34. The summed E-state index contributed by atoms with van der Waals surface area (Å²) in [5.41, 5.74) is 1.31. The zero-order chi connectivity index (χ0) is 13.1. The zero-order valence-corrected chi connectivity index (χ0v) is 11.5. The largest absolute Gasteiger partial charge is 0.377 e. The van der Waals surface area contributed by atoms with E-state index >= 15 is 0 Å². The van der Waals surface area contributed by atoms with Gasteiger partial charge < -0.3 is 14.8 Å². The molecule has 104 valence electrons. The van der Waals surface area contributed by atoms with Gasteiger partial charge in [0, 0.05) is 31.7 Å². The van der Waals surface area contributed by atoms with Crippen LogP contribution in [0.4, 0.5) is 0 Å². The maximum atomic E-state index is 5.92. The van der Waals surface area contributed by atoms with Gasteiger partial charge in [0.1, 0.15) is 0 Å². The molecule has 2 aliphatic heterocycles. The molecular weight excluding hydrogens is 238 g/mol. The first kappa shape index (κ1) is 13.1. The van der Waals surface area contributed by atoms with Crippen LogP contribution in [0.25, 0.3) is 0 Å². The van der Waals surface area contributed by atoms with Crippen LogP contribution < -0.4 is 5.32 Å². The number of rotatable bonds is 4. The molecule has 0 radical (unpaired) electrons. The maximum absolute atomic E-state index is 5.92. The summed E-state index contributed by atoms with van der Waals surface area (Å²) in [7, 11) is 0. The van der Waals surface area contributed by atoms with Gasteiger partial charge in [-0.3, -0.25) is 0 Å². The van der Waals surface area contributed by atoms with Crippen LogP contribution >= 0.6 is 0 Å². The second kappa shape index (κ2) is 6.04. The van der Waals surface area contributed by atoms with Gasteiger partial charge in [0.05, 0.1) is 12.2 Å². The zero-order valence-electron chi connectivity index (χ0n) is 11.5. The Bertz CT molecular complexity index is 395. The molecule has 2 heterocycles. The molecule has 3 heteroatoms. The lowest BCUT2D eigenvalue weighted by molar-refractivity contribution is 0.0862. The molecule has 0 aliphatic carbocycles. The van der Waals surface area contributed by atoms with Crippen molar-refractivity contribution in [1.29, 1.82) is 0 Å². The van der Waals surface area contributed by atoms with Crippen LogP contribution in [0.1, 0.15) is 31.4 Å². The smallest absolute Gasteiger partial charge is 0.0866 e. The van der Waals surface area contributed by atoms with Crippen molar-refractivity contribution in [2.45, 2.75) is 38.0 Å². The van der Waals surface area contributed by atoms with Gasteiger partial charge in [-0.2, -0.15) is 0 Å². The highest BCUT2D eigenvalue weighted by atomic mass is 16.5. The molecule has 2 fully saturated rings. The molecule has 1 N–H and O–H groups in total. The number of hydrogen-bond donors (Lipinski definition) is 1. The first-order valence-corrected chi connectivity index (χ1v) is 7.36. The Kier molecular flexibility index (Phi) is 4.16. The Morgan fingerprint density at radius 3 is 2.63 bits per heavy atom. The highest BCUT2D eigenvalue weighted by molar-refractivity contribution is 5.19. The Hall–Kier alpha value is -0.900. The minimum Gasteiger partial charge on any atom is -0.377 e. The molecule has 0 saturated carbocycles. The van der Waals surface area contributed by atoms with E-state index in [1.165, 1.54) is 5.56 Å². The predicted octanol–water partition coefficient (Wildman–Crippen LogP) is 2.53. The van der Waals surface area contributed by atoms with Crippen LogP contribution in [-0.2, 0) is 9.47 Å². The van der Waals surface area contributed by atoms with E-state index in [4.69, 9.17) is 9.47 Å². The van der Waals surface area contributed by atoms with Gasteiger partial charge in [-0.1, -0.05) is 30.3 Å². The van der Waals surface area contributed by atoms with E-state index in [0.29, 0.717) is 18.1 Å². The molecule has 4 atom stereocenters. The van der Waals surface area contributed by atoms with Crippen LogP contribution in [0.15, 0.2) is 30.3 Å². The summed E-state index contributed by atoms with van der Waals surface area (Å²) in [6.07, 6.45) is 2.88. The van der Waals surface area contributed by atoms with Gasteiger partial charge in [0.25, 0.3) is 0 Å². The van der Waals surface area contributed by atoms with Gasteiger partial charge in [-0.25, -0.2) is 0 Å². The van der Waals surface area contributed by atoms with Crippen molar-refractivity contribution in [2.75, 3.05) is 19.8 Å². The topological polar surface area (TPSA) is 30.5 Å². The van der Waals surface area contributed by atoms with E-state index in [2.05, 4.69) is 42.6 Å². The van der Waals surface area contributed by atoms with E-state index < -0.39 is 0 Å². The van der Waals surface area contributed by atoms with E-state index in [1.807, 2.05) is 0 Å². The van der Waals surface area contributed by atoms with Crippen molar-refractivity contribution in [3.8, 4) is 0 Å². The maximum Gasteiger partial charge on any atom is 0.0866 e. The molecule has 3 nitrogen and oxygen atoms in total. The van der Waals surface area contributed by atoms with E-state index in [9.17, 15) is 0 Å². The lowest BCUT2D eigenvalue weighted by atomic mass is 9.95. The Morgan fingerprint density at radius 2 is 1.89 bits per heavy atom. The van der Waals surface area contributed by atoms with Gasteiger partial charge in [0.15, 0.2) is 0 Å². The fourth-order valence-corrected chi connectivity index (χ4v) is 3.16. The van der Waals surface area contributed by atoms with Crippen molar-refractivity contribution in [3.05, 3.63) is 35.9 Å². The van der Waals surface area contributed by atoms with E-state index in [0.717, 1.165) is 32.6 Å². The van der Waals surface area contributed by atoms with E-state index in [-0.39, 0.29) is 6.10 Å². The molecule has 2 aliphatic rings. The molecule has 2 saturated heterocycles. The number of benzene rings is 1. The van der Waals surface area contributed by atoms with Gasteiger partial charge in [-0.05, 0) is 25.3 Å². The summed E-state index contributed by atoms with van der Waals surface area (Å²) in [6, 6.07) is 11.1. The summed E-state index contributed by atoms with van der Waals surface area (Å²) in [4.78, 5) is 0. The average Bonchev–Trinajstić information content (AvgIpc) is 3.06. The summed E-state index contributed by atoms with van der Waals surface area (Å²) in [5, 5.41) is 3.67. The van der Waals surface area contributed by atoms with Crippen LogP contribution in [0.5, 0.6) is 0 Å². The second-order valence-electron chi connectivity index (χ2n) is 5.63. The average molecular weight is 261 g/mol. The van der Waals surface area contributed by atoms with E-state index in [1.54, 1.807) is 0 Å². The third-order valence-electron chi connectivity index (χ3n) is 4.36. The van der Waals surface area contributed by atoms with Crippen LogP contribution in [-0.4, -0.2) is 31.9 Å². The Labute approximate surface area is 115 Å². The van der Waals surface area contributed by atoms with Crippen LogP contribution in [0.3, 0.4) is 0 Å². The number of hydrogen-bond acceptors (Lipinski definition) is 3. The van der Waals surface area contributed by atoms with Gasteiger partial charge in [-0.15, -0.1) is 0 Å². The lowest BCUT2D eigenvalue weighted by Gasteiger charge is -2.23. The minimum atomic E-state index is 0.256. The molecule has 0 unspecified atom stereocenters. The molecule has 1 aromatic carbocycles. The Balaban J connectivity index is 1.58. The molecule has 0 amide bonds. The SMILES string of the molecule is C[C@H]1OCC[C@H]1NC[C@H]1CCO[C@@H]1c1ccccc1. The van der Waals surface area contributed by atoms with Crippen LogP contribution in [0.2, 0.25) is 0 Å². The highest BCUT2D eigenvalue weighted by Gasteiger charge is 2.31. The van der Waals surface area contributed by atoms with Crippen molar-refractivity contribution in [1.82, 2.24) is 5.32 Å². The van der Waals surface area contributed by atoms with Crippen molar-refractivity contribution < 1.29 is 9.47 Å². The fourth-order valence-electron chi connectivity index (χ4n) is 3.16. The standard InChI is InChI=1S/C16H23NO2/c1-12-15(8-10-18-12)17-11-14-7-9-19-16(14)13-5-3-2-4-6-13/h2-6,12,14-17H,7-11H2,1H3/t12-,14-,15-,16-/m1/s1. The van der Waals surface area contributed by atoms with Crippen molar-refractivity contribution in [3.63, 3.8) is 0 Å². The summed E-state index contributed by atoms with van der Waals surface area (Å²) < 4.78 is 11.5. The highest BCUT2D eigenvalue weighted by Crippen LogP contribution is 2.34. The summed E-state index contributed by atoms with van der Waals surface area (Å²) >= 11 is 0. The molecule has 1 aromatic rings. The minimum absolute atomic E-state index is 0.256. The fraction of sp³-hybridized carbons (Fsp3) is 0.625. The third kappa shape index (κ3) is 2.99. The quantitative estimate of drug-likeness (QED) is 0.903. The Morgan fingerprint density at radius 1 is 1.11 bits per heavy atom. The second-order valence-corrected chi connectivity index (χ2v) is 5.63. The van der Waals surface area contributed by atoms with Gasteiger partial charge in [0.2, 0.25) is 0 Å². The van der Waals surface area contributed by atoms with Crippen LogP contribution in [0, 0.1) is 5.92 Å². The summed E-state index contributed by atoms with van der Waals surface area (Å²) in [6.45, 7) is 4.95. The van der Waals surface area contributed by atoms with Crippen molar-refractivity contribution in [2.24, 2.45) is 5.92 Å². The molecule has 0 spiro atoms. The molecule has 19 heavy (non-hydrogen) atoms. The molecule has 0 aromatic heterocycles. The lowest BCUT2D eigenvalue weighted by Crippen LogP contribution is -2.38. The molecule has 0 bridgehead atoms. The third-order valence-corrected chi connectivity index (χ3v) is 4.36. The summed E-state index contributed by atoms with van der Waals surface area (Å²) in [5.74, 6) is 0.579. The molecular formula is C16H23NO2. The predicted molar refractivity (Wildman–Crippen MR) is 75.1 cm³/mol. The normalized spacial score (nSPS) is 34.8. The number of nitrogens with one attached hydrogen (secondary N) is 1. The molecule has 3 rings (SSSR count). The first-order valence-electron chi connectivity index (χ1n) is 7.36.